The van der Waals surface area contributed by atoms with Gasteiger partial charge in [0.15, 0.2) is 5.69 Å². The maximum Gasteiger partial charge on any atom is 0.434 e. The molecule has 1 aromatic rings. The lowest BCUT2D eigenvalue weighted by atomic mass is 9.93. The molecule has 0 fully saturated rings. The molecule has 0 aliphatic heterocycles. The van der Waals surface area contributed by atoms with Crippen molar-refractivity contribution in [2.45, 2.75) is 58.5 Å². The van der Waals surface area contributed by atoms with Crippen LogP contribution in [0.3, 0.4) is 0 Å². The van der Waals surface area contributed by atoms with Gasteiger partial charge in [-0.1, -0.05) is 41.5 Å². The van der Waals surface area contributed by atoms with E-state index in [2.05, 4.69) is 4.98 Å². The normalized spacial score (nSPS) is 14.2. The van der Waals surface area contributed by atoms with Crippen LogP contribution in [0.5, 0.6) is 0 Å². The Morgan fingerprint density at radius 2 is 1.35 bits per heavy atom. The highest BCUT2D eigenvalue weighted by Gasteiger charge is 2.41. The molecule has 0 aliphatic rings. The van der Waals surface area contributed by atoms with E-state index in [9.17, 15) is 13.2 Å². The standard InChI is InChI=1S/C12H18F3NS/c1-10(2,3)8-7(12(13,14)15)16-9(17-8)11(4,5)6/h1-6H3. The first-order chi connectivity index (χ1) is 7.33. The highest BCUT2D eigenvalue weighted by atomic mass is 32.1. The van der Waals surface area contributed by atoms with Crippen molar-refractivity contribution in [2.75, 3.05) is 0 Å². The van der Waals surface area contributed by atoms with Gasteiger partial charge in [-0.3, -0.25) is 0 Å². The third kappa shape index (κ3) is 3.21. The predicted molar refractivity (Wildman–Crippen MR) is 64.5 cm³/mol. The summed E-state index contributed by atoms with van der Waals surface area (Å²) < 4.78 is 38.8. The van der Waals surface area contributed by atoms with Crippen LogP contribution in [0.25, 0.3) is 0 Å². The maximum atomic E-state index is 12.9. The third-order valence-electron chi connectivity index (χ3n) is 2.22. The van der Waals surface area contributed by atoms with Crippen LogP contribution in [0.1, 0.15) is 57.1 Å². The number of thiazole rings is 1. The van der Waals surface area contributed by atoms with Crippen molar-refractivity contribution in [3.63, 3.8) is 0 Å². The van der Waals surface area contributed by atoms with E-state index in [1.165, 1.54) is 11.3 Å². The van der Waals surface area contributed by atoms with Gasteiger partial charge in [-0.2, -0.15) is 13.2 Å². The second-order valence-corrected chi connectivity index (χ2v) is 7.19. The Morgan fingerprint density at radius 1 is 0.882 bits per heavy atom. The molecule has 0 radical (unpaired) electrons. The fourth-order valence-electron chi connectivity index (χ4n) is 1.34. The van der Waals surface area contributed by atoms with Gasteiger partial charge >= 0.3 is 6.18 Å². The van der Waals surface area contributed by atoms with Gasteiger partial charge in [0.2, 0.25) is 0 Å². The minimum absolute atomic E-state index is 0.315. The van der Waals surface area contributed by atoms with Crippen LogP contribution in [0.2, 0.25) is 0 Å². The van der Waals surface area contributed by atoms with E-state index in [1.54, 1.807) is 20.8 Å². The van der Waals surface area contributed by atoms with E-state index in [0.717, 1.165) is 0 Å². The molecule has 0 saturated heterocycles. The van der Waals surface area contributed by atoms with Gasteiger partial charge < -0.3 is 0 Å². The first kappa shape index (κ1) is 14.5. The van der Waals surface area contributed by atoms with Crippen LogP contribution in [0, 0.1) is 0 Å². The van der Waals surface area contributed by atoms with Gasteiger partial charge in [-0.05, 0) is 5.41 Å². The minimum atomic E-state index is -4.37. The second-order valence-electron chi connectivity index (χ2n) is 6.19. The Labute approximate surface area is 104 Å². The largest absolute Gasteiger partial charge is 0.434 e. The molecular formula is C12H18F3NS. The Morgan fingerprint density at radius 3 is 1.59 bits per heavy atom. The first-order valence-electron chi connectivity index (χ1n) is 5.42. The lowest BCUT2D eigenvalue weighted by Gasteiger charge is -2.18. The molecule has 0 bridgehead atoms. The monoisotopic (exact) mass is 265 g/mol. The summed E-state index contributed by atoms with van der Waals surface area (Å²) in [5.41, 5.74) is -1.61. The molecule has 1 aromatic heterocycles. The molecule has 0 unspecified atom stereocenters. The fourth-order valence-corrected chi connectivity index (χ4v) is 2.54. The number of aromatic nitrogens is 1. The highest BCUT2D eigenvalue weighted by molar-refractivity contribution is 7.12. The molecule has 1 rings (SSSR count). The van der Waals surface area contributed by atoms with Gasteiger partial charge in [0.05, 0.1) is 5.01 Å². The summed E-state index contributed by atoms with van der Waals surface area (Å²) in [5.74, 6) is 0. The molecule has 98 valence electrons. The molecule has 0 atom stereocenters. The molecule has 5 heteroatoms. The summed E-state index contributed by atoms with van der Waals surface area (Å²) in [6, 6.07) is 0. The van der Waals surface area contributed by atoms with Gasteiger partial charge in [-0.15, -0.1) is 11.3 Å². The number of hydrogen-bond donors (Lipinski definition) is 0. The number of rotatable bonds is 0. The van der Waals surface area contributed by atoms with E-state index in [-0.39, 0.29) is 5.41 Å². The van der Waals surface area contributed by atoms with Crippen molar-refractivity contribution in [1.29, 1.82) is 0 Å². The summed E-state index contributed by atoms with van der Waals surface area (Å²) in [6.07, 6.45) is -4.37. The van der Waals surface area contributed by atoms with Crippen LogP contribution in [0.4, 0.5) is 13.2 Å². The fraction of sp³-hybridized carbons (Fsp3) is 0.750. The quantitative estimate of drug-likeness (QED) is 0.659. The molecule has 0 spiro atoms. The zero-order valence-electron chi connectivity index (χ0n) is 11.0. The van der Waals surface area contributed by atoms with Crippen LogP contribution < -0.4 is 0 Å². The summed E-state index contributed by atoms with van der Waals surface area (Å²) in [7, 11) is 0. The van der Waals surface area contributed by atoms with E-state index in [0.29, 0.717) is 9.88 Å². The van der Waals surface area contributed by atoms with Gasteiger partial charge in [0.25, 0.3) is 0 Å². The molecule has 1 heterocycles. The Bertz CT molecular complexity index is 373. The van der Waals surface area contributed by atoms with Crippen molar-refractivity contribution in [1.82, 2.24) is 4.98 Å². The summed E-state index contributed by atoms with van der Waals surface area (Å²) in [6.45, 7) is 11.0. The number of hydrogen-bond acceptors (Lipinski definition) is 2. The average Bonchev–Trinajstić information content (AvgIpc) is 2.42. The molecule has 0 saturated carbocycles. The zero-order valence-corrected chi connectivity index (χ0v) is 11.8. The minimum Gasteiger partial charge on any atom is -0.236 e. The SMILES string of the molecule is CC(C)(C)c1nc(C(F)(F)F)c(C(C)(C)C)s1. The first-order valence-corrected chi connectivity index (χ1v) is 6.24. The number of halogens is 3. The summed E-state index contributed by atoms with van der Waals surface area (Å²) in [5, 5.41) is 0.537. The second kappa shape index (κ2) is 3.97. The lowest BCUT2D eigenvalue weighted by Crippen LogP contribution is -2.17. The molecule has 17 heavy (non-hydrogen) atoms. The van der Waals surface area contributed by atoms with Crippen LogP contribution in [-0.4, -0.2) is 4.98 Å². The number of nitrogens with zero attached hydrogens (tertiary/aromatic N) is 1. The van der Waals surface area contributed by atoms with Crippen molar-refractivity contribution in [3.05, 3.63) is 15.6 Å². The highest BCUT2D eigenvalue weighted by Crippen LogP contribution is 2.42. The van der Waals surface area contributed by atoms with Gasteiger partial charge in [0, 0.05) is 10.3 Å². The molecule has 0 aliphatic carbocycles. The van der Waals surface area contributed by atoms with E-state index >= 15 is 0 Å². The molecule has 0 amide bonds. The van der Waals surface area contributed by atoms with Crippen molar-refractivity contribution < 1.29 is 13.2 Å². The maximum absolute atomic E-state index is 12.9. The molecule has 0 N–H and O–H groups in total. The third-order valence-corrected chi connectivity index (χ3v) is 4.13. The van der Waals surface area contributed by atoms with Gasteiger partial charge in [-0.25, -0.2) is 4.98 Å². The molecular weight excluding hydrogens is 247 g/mol. The Kier molecular flexibility index (Phi) is 3.38. The van der Waals surface area contributed by atoms with Crippen molar-refractivity contribution in [2.24, 2.45) is 0 Å². The Balaban J connectivity index is 3.44. The smallest absolute Gasteiger partial charge is 0.236 e. The van der Waals surface area contributed by atoms with Crippen LogP contribution in [0.15, 0.2) is 0 Å². The van der Waals surface area contributed by atoms with Crippen LogP contribution >= 0.6 is 11.3 Å². The van der Waals surface area contributed by atoms with E-state index in [1.807, 2.05) is 20.8 Å². The molecule has 0 aromatic carbocycles. The zero-order chi connectivity index (χ0) is 13.6. The molecule has 1 nitrogen and oxygen atoms in total. The van der Waals surface area contributed by atoms with Gasteiger partial charge in [0.1, 0.15) is 0 Å². The van der Waals surface area contributed by atoms with E-state index < -0.39 is 17.3 Å². The average molecular weight is 265 g/mol. The topological polar surface area (TPSA) is 12.9 Å². The lowest BCUT2D eigenvalue weighted by molar-refractivity contribution is -0.141. The van der Waals surface area contributed by atoms with Crippen molar-refractivity contribution >= 4 is 11.3 Å². The van der Waals surface area contributed by atoms with Crippen molar-refractivity contribution in [3.8, 4) is 0 Å². The Hall–Kier alpha value is -0.580. The summed E-state index contributed by atoms with van der Waals surface area (Å²) >= 11 is 1.17. The van der Waals surface area contributed by atoms with Crippen LogP contribution in [-0.2, 0) is 17.0 Å². The van der Waals surface area contributed by atoms with E-state index in [4.69, 9.17) is 0 Å². The summed E-state index contributed by atoms with van der Waals surface area (Å²) in [4.78, 5) is 4.13. The predicted octanol–water partition coefficient (Wildman–Crippen LogP) is 4.76. The number of alkyl halides is 3.